The van der Waals surface area contributed by atoms with Crippen LogP contribution in [0.4, 0.5) is 0 Å². The molecule has 0 saturated heterocycles. The van der Waals surface area contributed by atoms with Crippen LogP contribution in [0.2, 0.25) is 0 Å². The molecule has 4 aromatic carbocycles. The van der Waals surface area contributed by atoms with Crippen molar-refractivity contribution >= 4 is 0 Å². The van der Waals surface area contributed by atoms with Crippen LogP contribution in [-0.2, 0) is 26.5 Å². The first-order valence-electron chi connectivity index (χ1n) is 13.6. The molecule has 0 spiro atoms. The fraction of sp³-hybridized carbons (Fsp3) is 0.105. The predicted octanol–water partition coefficient (Wildman–Crippen LogP) is 9.48. The predicted molar refractivity (Wildman–Crippen MR) is 166 cm³/mol. The van der Waals surface area contributed by atoms with Gasteiger partial charge in [-0.3, -0.25) is 0 Å². The maximum absolute atomic E-state index is 4.50. The summed E-state index contributed by atoms with van der Waals surface area (Å²) >= 11 is 0. The van der Waals surface area contributed by atoms with Crippen LogP contribution >= 0.6 is 0 Å². The summed E-state index contributed by atoms with van der Waals surface area (Å²) in [7, 11) is 0. The SMILES string of the molecule is CC(C)c1ccnc(-c2[c-]ccc(-c3ccccc3)c2)c1.[Ir].[c-]1ccccc1-c1cc(Cc2ccccc2)ccn1. The van der Waals surface area contributed by atoms with Crippen molar-refractivity contribution < 1.29 is 20.1 Å². The van der Waals surface area contributed by atoms with Gasteiger partial charge in [0, 0.05) is 32.5 Å². The van der Waals surface area contributed by atoms with Gasteiger partial charge in [-0.1, -0.05) is 92.2 Å². The average molecular weight is 709 g/mol. The van der Waals surface area contributed by atoms with Crippen LogP contribution in [-0.4, -0.2) is 9.97 Å². The van der Waals surface area contributed by atoms with Crippen LogP contribution in [0.1, 0.15) is 36.5 Å². The van der Waals surface area contributed by atoms with Crippen LogP contribution in [0.5, 0.6) is 0 Å². The van der Waals surface area contributed by atoms with Crippen LogP contribution in [0, 0.1) is 12.1 Å². The molecule has 0 N–H and O–H groups in total. The minimum atomic E-state index is 0. The number of rotatable bonds is 6. The molecule has 205 valence electrons. The van der Waals surface area contributed by atoms with Crippen molar-refractivity contribution in [2.45, 2.75) is 26.2 Å². The summed E-state index contributed by atoms with van der Waals surface area (Å²) in [5.74, 6) is 0.504. The van der Waals surface area contributed by atoms with E-state index in [1.54, 1.807) is 0 Å². The standard InChI is InChI=1S/C20H18N.C18H14N.Ir/c1-15(2)17-11-12-21-20(14-17)19-10-6-9-18(13-19)16-7-4-3-5-8-16;1-3-7-15(8-4-1)13-16-11-12-19-18(14-16)17-9-5-2-6-10-17;/h3-9,11-15H,1-2H3;1-9,11-12,14H,13H2;/q2*-1;. The second-order valence-corrected chi connectivity index (χ2v) is 9.97. The zero-order chi connectivity index (χ0) is 27.6. The molecular formula is C38H32IrN2-2. The molecule has 0 aliphatic rings. The molecule has 0 unspecified atom stereocenters. The minimum absolute atomic E-state index is 0. The van der Waals surface area contributed by atoms with E-state index in [2.05, 4.69) is 121 Å². The first kappa shape index (κ1) is 29.8. The maximum atomic E-state index is 4.50. The number of pyridine rings is 2. The van der Waals surface area contributed by atoms with Crippen LogP contribution in [0.3, 0.4) is 0 Å². The van der Waals surface area contributed by atoms with Crippen molar-refractivity contribution in [2.75, 3.05) is 0 Å². The van der Waals surface area contributed by atoms with Gasteiger partial charge >= 0.3 is 0 Å². The Balaban J connectivity index is 0.000000185. The van der Waals surface area contributed by atoms with E-state index in [-0.39, 0.29) is 20.1 Å². The fourth-order valence-electron chi connectivity index (χ4n) is 4.49. The second kappa shape index (κ2) is 15.0. The quantitative estimate of drug-likeness (QED) is 0.161. The van der Waals surface area contributed by atoms with Crippen molar-refractivity contribution in [3.05, 3.63) is 169 Å². The van der Waals surface area contributed by atoms with Gasteiger partial charge in [0.2, 0.25) is 0 Å². The second-order valence-electron chi connectivity index (χ2n) is 9.97. The first-order chi connectivity index (χ1) is 19.7. The van der Waals surface area contributed by atoms with Crippen molar-refractivity contribution in [3.63, 3.8) is 0 Å². The summed E-state index contributed by atoms with van der Waals surface area (Å²) < 4.78 is 0. The Morgan fingerprint density at radius 2 is 1.22 bits per heavy atom. The van der Waals surface area contributed by atoms with Gasteiger partial charge in [0.15, 0.2) is 0 Å². The maximum Gasteiger partial charge on any atom is 0.0163 e. The average Bonchev–Trinajstić information content (AvgIpc) is 3.03. The van der Waals surface area contributed by atoms with Gasteiger partial charge in [-0.15, -0.1) is 71.3 Å². The van der Waals surface area contributed by atoms with Gasteiger partial charge in [0.25, 0.3) is 0 Å². The third-order valence-corrected chi connectivity index (χ3v) is 6.70. The monoisotopic (exact) mass is 709 g/mol. The first-order valence-corrected chi connectivity index (χ1v) is 13.6. The van der Waals surface area contributed by atoms with Gasteiger partial charge in [-0.05, 0) is 52.5 Å². The van der Waals surface area contributed by atoms with Gasteiger partial charge in [0.05, 0.1) is 0 Å². The molecule has 0 aliphatic carbocycles. The Kier molecular flexibility index (Phi) is 10.9. The molecule has 0 bridgehead atoms. The molecular weight excluding hydrogens is 677 g/mol. The molecule has 2 heterocycles. The summed E-state index contributed by atoms with van der Waals surface area (Å²) in [5, 5.41) is 0. The molecule has 0 fully saturated rings. The molecule has 0 atom stereocenters. The van der Waals surface area contributed by atoms with Gasteiger partial charge in [-0.25, -0.2) is 0 Å². The molecule has 3 heteroatoms. The zero-order valence-electron chi connectivity index (χ0n) is 23.3. The fourth-order valence-corrected chi connectivity index (χ4v) is 4.49. The Labute approximate surface area is 257 Å². The van der Waals surface area contributed by atoms with Crippen molar-refractivity contribution in [3.8, 4) is 33.6 Å². The van der Waals surface area contributed by atoms with Crippen LogP contribution < -0.4 is 0 Å². The Morgan fingerprint density at radius 3 is 1.93 bits per heavy atom. The van der Waals surface area contributed by atoms with E-state index >= 15 is 0 Å². The number of hydrogen-bond donors (Lipinski definition) is 0. The number of aromatic nitrogens is 2. The molecule has 6 rings (SSSR count). The van der Waals surface area contributed by atoms with E-state index in [9.17, 15) is 0 Å². The number of nitrogens with zero attached hydrogens (tertiary/aromatic N) is 2. The van der Waals surface area contributed by atoms with Crippen LogP contribution in [0.25, 0.3) is 33.6 Å². The van der Waals surface area contributed by atoms with Gasteiger partial charge in [-0.2, -0.15) is 0 Å². The molecule has 6 aromatic rings. The topological polar surface area (TPSA) is 25.8 Å². The molecule has 2 nitrogen and oxygen atoms in total. The van der Waals surface area contributed by atoms with Crippen molar-refractivity contribution in [1.29, 1.82) is 0 Å². The van der Waals surface area contributed by atoms with Gasteiger partial charge < -0.3 is 9.97 Å². The smallest absolute Gasteiger partial charge is 0.0163 e. The summed E-state index contributed by atoms with van der Waals surface area (Å²) in [6.07, 6.45) is 4.69. The number of benzene rings is 4. The van der Waals surface area contributed by atoms with E-state index < -0.39 is 0 Å². The van der Waals surface area contributed by atoms with E-state index in [4.69, 9.17) is 0 Å². The Hall–Kier alpha value is -4.17. The van der Waals surface area contributed by atoms with E-state index in [0.717, 1.165) is 28.9 Å². The molecule has 0 aliphatic heterocycles. The summed E-state index contributed by atoms with van der Waals surface area (Å²) in [4.78, 5) is 8.92. The summed E-state index contributed by atoms with van der Waals surface area (Å²) in [6.45, 7) is 4.40. The Morgan fingerprint density at radius 1 is 0.561 bits per heavy atom. The number of hydrogen-bond acceptors (Lipinski definition) is 2. The zero-order valence-corrected chi connectivity index (χ0v) is 25.7. The summed E-state index contributed by atoms with van der Waals surface area (Å²) in [5.41, 5.74) is 10.3. The molecule has 2 aromatic heterocycles. The third kappa shape index (κ3) is 8.41. The summed E-state index contributed by atoms with van der Waals surface area (Å²) in [6, 6.07) is 50.0. The third-order valence-electron chi connectivity index (χ3n) is 6.70. The van der Waals surface area contributed by atoms with Crippen molar-refractivity contribution in [2.24, 2.45) is 0 Å². The Bertz CT molecular complexity index is 1630. The van der Waals surface area contributed by atoms with Crippen LogP contribution in [0.15, 0.2) is 140 Å². The van der Waals surface area contributed by atoms with Gasteiger partial charge in [0.1, 0.15) is 0 Å². The van der Waals surface area contributed by atoms with E-state index in [0.29, 0.717) is 5.92 Å². The molecule has 1 radical (unpaired) electrons. The molecule has 0 saturated carbocycles. The molecule has 41 heavy (non-hydrogen) atoms. The molecule has 0 amide bonds. The van der Waals surface area contributed by atoms with E-state index in [1.165, 1.54) is 27.8 Å². The normalized spacial score (nSPS) is 10.3. The largest absolute Gasteiger partial charge is 0.305 e. The van der Waals surface area contributed by atoms with E-state index in [1.807, 2.05) is 54.9 Å². The van der Waals surface area contributed by atoms with Crippen molar-refractivity contribution in [1.82, 2.24) is 9.97 Å². The minimum Gasteiger partial charge on any atom is -0.305 e.